The van der Waals surface area contributed by atoms with Crippen molar-refractivity contribution in [2.75, 3.05) is 0 Å². The Morgan fingerprint density at radius 3 is 2.09 bits per heavy atom. The van der Waals surface area contributed by atoms with Gasteiger partial charge in [-0.05, 0) is 66.1 Å². The summed E-state index contributed by atoms with van der Waals surface area (Å²) >= 11 is 0. The van der Waals surface area contributed by atoms with Crippen molar-refractivity contribution in [2.24, 2.45) is 5.41 Å². The maximum atomic E-state index is 5.06. The van der Waals surface area contributed by atoms with Gasteiger partial charge in [0.2, 0.25) is 0 Å². The Balaban J connectivity index is 1.77. The maximum Gasteiger partial charge on any atom is 0.0781 e. The SMILES string of the molecule is Cc1cc(C)cc(-c2ncc3c4cccc5nc(CC(C)(C)C)cc(c6cccc2c63)c54)c1. The van der Waals surface area contributed by atoms with E-state index in [1.165, 1.54) is 54.4 Å². The Bertz CT molecular complexity index is 1670. The van der Waals surface area contributed by atoms with Crippen LogP contribution in [-0.2, 0) is 6.42 Å². The fourth-order valence-electron chi connectivity index (χ4n) is 5.49. The van der Waals surface area contributed by atoms with Gasteiger partial charge in [0, 0.05) is 39.0 Å². The summed E-state index contributed by atoms with van der Waals surface area (Å²) in [5.41, 5.74) is 7.19. The maximum absolute atomic E-state index is 5.06. The van der Waals surface area contributed by atoms with Crippen molar-refractivity contribution in [2.45, 2.75) is 41.0 Å². The molecule has 0 fully saturated rings. The normalized spacial score (nSPS) is 12.5. The summed E-state index contributed by atoms with van der Waals surface area (Å²) in [5.74, 6) is 0. The van der Waals surface area contributed by atoms with Crippen LogP contribution in [0, 0.1) is 19.3 Å². The first-order valence-corrected chi connectivity index (χ1v) is 11.7. The van der Waals surface area contributed by atoms with Gasteiger partial charge in [0.1, 0.15) is 0 Å². The van der Waals surface area contributed by atoms with Crippen molar-refractivity contribution >= 4 is 43.2 Å². The van der Waals surface area contributed by atoms with Crippen LogP contribution in [0.15, 0.2) is 66.9 Å². The van der Waals surface area contributed by atoms with Crippen LogP contribution >= 0.6 is 0 Å². The van der Waals surface area contributed by atoms with E-state index in [1.807, 2.05) is 0 Å². The van der Waals surface area contributed by atoms with Crippen LogP contribution in [0.25, 0.3) is 54.5 Å². The molecule has 33 heavy (non-hydrogen) atoms. The van der Waals surface area contributed by atoms with Crippen molar-refractivity contribution in [3.05, 3.63) is 83.7 Å². The highest BCUT2D eigenvalue weighted by Crippen LogP contribution is 2.42. The lowest BCUT2D eigenvalue weighted by molar-refractivity contribution is 0.407. The van der Waals surface area contributed by atoms with Crippen LogP contribution in [0.3, 0.4) is 0 Å². The van der Waals surface area contributed by atoms with E-state index in [-0.39, 0.29) is 5.41 Å². The van der Waals surface area contributed by atoms with Crippen LogP contribution in [0.2, 0.25) is 0 Å². The fraction of sp³-hybridized carbons (Fsp3) is 0.226. The predicted octanol–water partition coefficient (Wildman–Crippen LogP) is 8.40. The Labute approximate surface area is 194 Å². The third-order valence-corrected chi connectivity index (χ3v) is 6.59. The molecule has 0 atom stereocenters. The Morgan fingerprint density at radius 2 is 1.36 bits per heavy atom. The largest absolute Gasteiger partial charge is 0.255 e. The minimum atomic E-state index is 0.184. The average molecular weight is 429 g/mol. The van der Waals surface area contributed by atoms with E-state index in [0.717, 1.165) is 23.3 Å². The lowest BCUT2D eigenvalue weighted by Gasteiger charge is -2.20. The molecule has 2 aromatic heterocycles. The van der Waals surface area contributed by atoms with Gasteiger partial charge in [-0.25, -0.2) is 0 Å². The zero-order valence-corrected chi connectivity index (χ0v) is 20.0. The molecule has 2 heterocycles. The summed E-state index contributed by atoms with van der Waals surface area (Å²) in [7, 11) is 0. The predicted molar refractivity (Wildman–Crippen MR) is 141 cm³/mol. The molecule has 0 spiro atoms. The Hall–Kier alpha value is -3.52. The molecule has 0 N–H and O–H groups in total. The topological polar surface area (TPSA) is 25.8 Å². The third-order valence-electron chi connectivity index (χ3n) is 6.59. The van der Waals surface area contributed by atoms with Crippen LogP contribution in [-0.4, -0.2) is 9.97 Å². The quantitative estimate of drug-likeness (QED) is 0.204. The molecule has 2 nitrogen and oxygen atoms in total. The van der Waals surface area contributed by atoms with E-state index in [2.05, 4.69) is 101 Å². The highest BCUT2D eigenvalue weighted by atomic mass is 14.7. The number of benzene rings is 4. The third kappa shape index (κ3) is 3.24. The number of hydrogen-bond acceptors (Lipinski definition) is 2. The van der Waals surface area contributed by atoms with Gasteiger partial charge in [0.05, 0.1) is 11.2 Å². The number of rotatable bonds is 2. The summed E-state index contributed by atoms with van der Waals surface area (Å²) in [6, 6.07) is 22.2. The highest BCUT2D eigenvalue weighted by Gasteiger charge is 2.19. The van der Waals surface area contributed by atoms with Gasteiger partial charge in [-0.3, -0.25) is 9.97 Å². The van der Waals surface area contributed by atoms with E-state index in [9.17, 15) is 0 Å². The molecule has 162 valence electrons. The molecular weight excluding hydrogens is 400 g/mol. The summed E-state index contributed by atoms with van der Waals surface area (Å²) in [4.78, 5) is 10.1. The lowest BCUT2D eigenvalue weighted by atomic mass is 9.87. The van der Waals surface area contributed by atoms with Crippen molar-refractivity contribution in [1.29, 1.82) is 0 Å². The minimum Gasteiger partial charge on any atom is -0.255 e. The van der Waals surface area contributed by atoms with E-state index < -0.39 is 0 Å². The number of nitrogens with zero attached hydrogens (tertiary/aromatic N) is 2. The summed E-state index contributed by atoms with van der Waals surface area (Å²) in [6.45, 7) is 11.1. The van der Waals surface area contributed by atoms with E-state index >= 15 is 0 Å². The second-order valence-corrected chi connectivity index (χ2v) is 10.7. The zero-order chi connectivity index (χ0) is 22.9. The molecule has 6 aromatic rings. The Kier molecular flexibility index (Phi) is 4.26. The smallest absolute Gasteiger partial charge is 0.0781 e. The molecule has 0 radical (unpaired) electrons. The number of hydrogen-bond donors (Lipinski definition) is 0. The fourth-order valence-corrected chi connectivity index (χ4v) is 5.49. The van der Waals surface area contributed by atoms with E-state index in [0.29, 0.717) is 0 Å². The first-order chi connectivity index (χ1) is 15.8. The Morgan fingerprint density at radius 1 is 0.697 bits per heavy atom. The van der Waals surface area contributed by atoms with Crippen molar-refractivity contribution in [1.82, 2.24) is 9.97 Å². The summed E-state index contributed by atoms with van der Waals surface area (Å²) < 4.78 is 0. The second-order valence-electron chi connectivity index (χ2n) is 10.7. The van der Waals surface area contributed by atoms with E-state index in [4.69, 9.17) is 9.97 Å². The lowest BCUT2D eigenvalue weighted by Crippen LogP contribution is -2.10. The zero-order valence-electron chi connectivity index (χ0n) is 20.0. The molecule has 0 aliphatic carbocycles. The van der Waals surface area contributed by atoms with Crippen molar-refractivity contribution in [3.8, 4) is 11.3 Å². The number of pyridine rings is 2. The van der Waals surface area contributed by atoms with Crippen LogP contribution in [0.1, 0.15) is 37.6 Å². The molecule has 0 amide bonds. The summed E-state index contributed by atoms with van der Waals surface area (Å²) in [6.07, 6.45) is 3.02. The molecule has 0 bridgehead atoms. The molecule has 4 aromatic carbocycles. The number of aromatic nitrogens is 2. The van der Waals surface area contributed by atoms with Gasteiger partial charge in [0.15, 0.2) is 0 Å². The van der Waals surface area contributed by atoms with Crippen LogP contribution < -0.4 is 0 Å². The van der Waals surface area contributed by atoms with E-state index in [1.54, 1.807) is 0 Å². The first-order valence-electron chi connectivity index (χ1n) is 11.7. The van der Waals surface area contributed by atoms with Crippen LogP contribution in [0.5, 0.6) is 0 Å². The standard InChI is InChI=1S/C31H28N2/c1-18-12-19(2)14-20(13-18)30-24-10-6-8-22-25-15-21(16-31(3,4)5)33-27-11-7-9-23(29(25)27)26(17-32-30)28(22)24/h6-15,17H,16H2,1-5H3. The highest BCUT2D eigenvalue weighted by molar-refractivity contribution is 6.33. The molecule has 0 aliphatic heterocycles. The van der Waals surface area contributed by atoms with Gasteiger partial charge in [-0.2, -0.15) is 0 Å². The van der Waals surface area contributed by atoms with Gasteiger partial charge in [-0.15, -0.1) is 0 Å². The van der Waals surface area contributed by atoms with Gasteiger partial charge < -0.3 is 0 Å². The average Bonchev–Trinajstić information content (AvgIpc) is 2.75. The summed E-state index contributed by atoms with van der Waals surface area (Å²) in [5, 5.41) is 8.79. The molecule has 0 saturated heterocycles. The van der Waals surface area contributed by atoms with Gasteiger partial charge in [-0.1, -0.05) is 68.3 Å². The molecule has 6 rings (SSSR count). The molecule has 0 aliphatic rings. The molecule has 0 saturated carbocycles. The van der Waals surface area contributed by atoms with Gasteiger partial charge in [0.25, 0.3) is 0 Å². The molecular formula is C31H28N2. The van der Waals surface area contributed by atoms with Crippen LogP contribution in [0.4, 0.5) is 0 Å². The number of aryl methyl sites for hydroxylation is 2. The molecule has 0 unspecified atom stereocenters. The second kappa shape index (κ2) is 6.99. The first kappa shape index (κ1) is 20.1. The van der Waals surface area contributed by atoms with Crippen molar-refractivity contribution in [3.63, 3.8) is 0 Å². The molecule has 2 heteroatoms. The minimum absolute atomic E-state index is 0.184. The monoisotopic (exact) mass is 428 g/mol. The van der Waals surface area contributed by atoms with Crippen molar-refractivity contribution < 1.29 is 0 Å². The van der Waals surface area contributed by atoms with Gasteiger partial charge >= 0.3 is 0 Å². The number of fused-ring (bicyclic) bond motifs is 2.